The predicted molar refractivity (Wildman–Crippen MR) is 81.9 cm³/mol. The maximum Gasteiger partial charge on any atom is 0.132 e. The Kier molecular flexibility index (Phi) is 4.88. The lowest BCUT2D eigenvalue weighted by molar-refractivity contribution is 0.412. The van der Waals surface area contributed by atoms with Crippen LogP contribution in [0.4, 0.5) is 0 Å². The molecule has 20 heavy (non-hydrogen) atoms. The van der Waals surface area contributed by atoms with Crippen LogP contribution in [0.3, 0.4) is 0 Å². The zero-order chi connectivity index (χ0) is 14.5. The number of hydrogen-bond acceptors (Lipinski definition) is 3. The van der Waals surface area contributed by atoms with Crippen LogP contribution in [-0.4, -0.2) is 13.2 Å². The van der Waals surface area contributed by atoms with E-state index >= 15 is 0 Å². The standard InChI is InChI=1S/C16H18ClNO2/c1-11(18)9-12-3-4-13(17)10-16(12)20-15-7-5-14(19-2)6-8-15/h3-8,10-11H,9,18H2,1-2H3. The molecule has 0 fully saturated rings. The maximum absolute atomic E-state index is 6.04. The molecule has 1 unspecified atom stereocenters. The van der Waals surface area contributed by atoms with E-state index in [9.17, 15) is 0 Å². The molecule has 0 aliphatic heterocycles. The molecule has 3 nitrogen and oxygen atoms in total. The summed E-state index contributed by atoms with van der Waals surface area (Å²) in [6, 6.07) is 13.1. The van der Waals surface area contributed by atoms with Gasteiger partial charge >= 0.3 is 0 Å². The second-order valence-electron chi connectivity index (χ2n) is 4.71. The van der Waals surface area contributed by atoms with Crippen LogP contribution >= 0.6 is 11.6 Å². The van der Waals surface area contributed by atoms with Crippen LogP contribution in [0.5, 0.6) is 17.2 Å². The monoisotopic (exact) mass is 291 g/mol. The molecule has 0 bridgehead atoms. The summed E-state index contributed by atoms with van der Waals surface area (Å²) in [7, 11) is 1.63. The molecule has 0 saturated heterocycles. The fourth-order valence-corrected chi connectivity index (χ4v) is 2.07. The number of methoxy groups -OCH3 is 1. The van der Waals surface area contributed by atoms with E-state index in [-0.39, 0.29) is 6.04 Å². The summed E-state index contributed by atoms with van der Waals surface area (Å²) in [5.74, 6) is 2.26. The fraction of sp³-hybridized carbons (Fsp3) is 0.250. The summed E-state index contributed by atoms with van der Waals surface area (Å²) in [6.45, 7) is 1.96. The van der Waals surface area contributed by atoms with Gasteiger partial charge in [0.15, 0.2) is 0 Å². The van der Waals surface area contributed by atoms with Gasteiger partial charge in [0.05, 0.1) is 7.11 Å². The van der Waals surface area contributed by atoms with Crippen molar-refractivity contribution < 1.29 is 9.47 Å². The molecule has 0 saturated carbocycles. The van der Waals surface area contributed by atoms with Crippen molar-refractivity contribution in [1.82, 2.24) is 0 Å². The van der Waals surface area contributed by atoms with E-state index in [1.807, 2.05) is 49.4 Å². The number of rotatable bonds is 5. The summed E-state index contributed by atoms with van der Waals surface area (Å²) in [4.78, 5) is 0. The molecule has 1 atom stereocenters. The minimum Gasteiger partial charge on any atom is -0.497 e. The lowest BCUT2D eigenvalue weighted by Gasteiger charge is -2.13. The minimum absolute atomic E-state index is 0.0643. The molecule has 2 aromatic carbocycles. The highest BCUT2D eigenvalue weighted by Gasteiger charge is 2.08. The Morgan fingerprint density at radius 3 is 2.35 bits per heavy atom. The zero-order valence-electron chi connectivity index (χ0n) is 11.6. The molecule has 106 valence electrons. The van der Waals surface area contributed by atoms with Crippen LogP contribution in [0, 0.1) is 0 Å². The number of ether oxygens (including phenoxy) is 2. The average molecular weight is 292 g/mol. The number of halogens is 1. The SMILES string of the molecule is COc1ccc(Oc2cc(Cl)ccc2CC(C)N)cc1. The fourth-order valence-electron chi connectivity index (χ4n) is 1.91. The zero-order valence-corrected chi connectivity index (χ0v) is 12.4. The number of benzene rings is 2. The quantitative estimate of drug-likeness (QED) is 0.904. The molecular formula is C16H18ClNO2. The summed E-state index contributed by atoms with van der Waals surface area (Å²) in [6.07, 6.45) is 0.739. The molecular weight excluding hydrogens is 274 g/mol. The smallest absolute Gasteiger partial charge is 0.132 e. The summed E-state index contributed by atoms with van der Waals surface area (Å²) in [5, 5.41) is 0.641. The first-order valence-corrected chi connectivity index (χ1v) is 6.82. The highest BCUT2D eigenvalue weighted by Crippen LogP contribution is 2.30. The second-order valence-corrected chi connectivity index (χ2v) is 5.15. The van der Waals surface area contributed by atoms with Crippen molar-refractivity contribution >= 4 is 11.6 Å². The van der Waals surface area contributed by atoms with Gasteiger partial charge in [-0.05, 0) is 55.3 Å². The molecule has 2 aromatic rings. The molecule has 4 heteroatoms. The van der Waals surface area contributed by atoms with Gasteiger partial charge in [0.2, 0.25) is 0 Å². The Morgan fingerprint density at radius 2 is 1.75 bits per heavy atom. The summed E-state index contributed by atoms with van der Waals surface area (Å²) >= 11 is 6.04. The van der Waals surface area contributed by atoms with E-state index in [4.69, 9.17) is 26.8 Å². The molecule has 0 spiro atoms. The van der Waals surface area contributed by atoms with Gasteiger partial charge in [0.1, 0.15) is 17.2 Å². The third-order valence-electron chi connectivity index (χ3n) is 2.86. The van der Waals surface area contributed by atoms with Crippen LogP contribution in [0.2, 0.25) is 5.02 Å². The van der Waals surface area contributed by atoms with Crippen molar-refractivity contribution in [2.75, 3.05) is 7.11 Å². The van der Waals surface area contributed by atoms with Crippen LogP contribution < -0.4 is 15.2 Å². The van der Waals surface area contributed by atoms with Crippen LogP contribution in [0.15, 0.2) is 42.5 Å². The topological polar surface area (TPSA) is 44.5 Å². The Hall–Kier alpha value is -1.71. The van der Waals surface area contributed by atoms with Gasteiger partial charge in [-0.3, -0.25) is 0 Å². The molecule has 0 amide bonds. The first kappa shape index (κ1) is 14.7. The lowest BCUT2D eigenvalue weighted by atomic mass is 10.1. The number of nitrogens with two attached hydrogens (primary N) is 1. The molecule has 0 aliphatic rings. The molecule has 0 radical (unpaired) electrons. The van der Waals surface area contributed by atoms with Gasteiger partial charge in [0, 0.05) is 11.1 Å². The van der Waals surface area contributed by atoms with E-state index in [1.54, 1.807) is 7.11 Å². The minimum atomic E-state index is 0.0643. The molecule has 0 heterocycles. The van der Waals surface area contributed by atoms with Gasteiger partial charge in [-0.1, -0.05) is 17.7 Å². The molecule has 0 aliphatic carbocycles. The van der Waals surface area contributed by atoms with Gasteiger partial charge in [0.25, 0.3) is 0 Å². The summed E-state index contributed by atoms with van der Waals surface area (Å²) < 4.78 is 11.0. The van der Waals surface area contributed by atoms with Crippen LogP contribution in [-0.2, 0) is 6.42 Å². The third kappa shape index (κ3) is 3.89. The van der Waals surface area contributed by atoms with Gasteiger partial charge in [-0.25, -0.2) is 0 Å². The van der Waals surface area contributed by atoms with Gasteiger partial charge in [-0.2, -0.15) is 0 Å². The largest absolute Gasteiger partial charge is 0.497 e. The van der Waals surface area contributed by atoms with Crippen molar-refractivity contribution in [3.63, 3.8) is 0 Å². The Bertz CT molecular complexity index is 567. The van der Waals surface area contributed by atoms with Crippen LogP contribution in [0.25, 0.3) is 0 Å². The lowest BCUT2D eigenvalue weighted by Crippen LogP contribution is -2.18. The predicted octanol–water partition coefficient (Wildman–Crippen LogP) is 4.03. The van der Waals surface area contributed by atoms with E-state index in [0.29, 0.717) is 5.02 Å². The van der Waals surface area contributed by atoms with E-state index in [2.05, 4.69) is 0 Å². The van der Waals surface area contributed by atoms with E-state index in [0.717, 1.165) is 29.2 Å². The van der Waals surface area contributed by atoms with Crippen LogP contribution in [0.1, 0.15) is 12.5 Å². The van der Waals surface area contributed by atoms with Crippen molar-refractivity contribution in [2.45, 2.75) is 19.4 Å². The highest BCUT2D eigenvalue weighted by atomic mass is 35.5. The summed E-state index contributed by atoms with van der Waals surface area (Å²) in [5.41, 5.74) is 6.90. The Balaban J connectivity index is 2.24. The average Bonchev–Trinajstić information content (AvgIpc) is 2.42. The van der Waals surface area contributed by atoms with E-state index in [1.165, 1.54) is 0 Å². The maximum atomic E-state index is 6.04. The first-order valence-electron chi connectivity index (χ1n) is 6.44. The van der Waals surface area contributed by atoms with Crippen molar-refractivity contribution in [3.8, 4) is 17.2 Å². The Morgan fingerprint density at radius 1 is 1.10 bits per heavy atom. The van der Waals surface area contributed by atoms with Gasteiger partial charge in [-0.15, -0.1) is 0 Å². The third-order valence-corrected chi connectivity index (χ3v) is 3.09. The van der Waals surface area contributed by atoms with E-state index < -0.39 is 0 Å². The van der Waals surface area contributed by atoms with Gasteiger partial charge < -0.3 is 15.2 Å². The first-order chi connectivity index (χ1) is 9.58. The van der Waals surface area contributed by atoms with Crippen molar-refractivity contribution in [2.24, 2.45) is 5.73 Å². The van der Waals surface area contributed by atoms with Crippen molar-refractivity contribution in [3.05, 3.63) is 53.1 Å². The number of hydrogen-bond donors (Lipinski definition) is 1. The molecule has 2 N–H and O–H groups in total. The van der Waals surface area contributed by atoms with Crippen molar-refractivity contribution in [1.29, 1.82) is 0 Å². The normalized spacial score (nSPS) is 12.0. The molecule has 0 aromatic heterocycles. The molecule has 2 rings (SSSR count). The second kappa shape index (κ2) is 6.64. The Labute approximate surface area is 124 Å². The highest BCUT2D eigenvalue weighted by molar-refractivity contribution is 6.30.